The number of urea groups is 1. The molecule has 1 saturated carbocycles. The number of amides is 2. The topological polar surface area (TPSA) is 50.4 Å². The van der Waals surface area contributed by atoms with Gasteiger partial charge in [0.2, 0.25) is 0 Å². The van der Waals surface area contributed by atoms with E-state index in [0.717, 1.165) is 18.6 Å². The van der Waals surface area contributed by atoms with Crippen molar-refractivity contribution < 1.29 is 9.53 Å². The number of aryl methyl sites for hydroxylation is 1. The molecule has 0 bridgehead atoms. The van der Waals surface area contributed by atoms with Crippen LogP contribution in [-0.2, 0) is 0 Å². The molecule has 4 heteroatoms. The van der Waals surface area contributed by atoms with Crippen LogP contribution in [0, 0.1) is 6.92 Å². The lowest BCUT2D eigenvalue weighted by molar-refractivity contribution is 0.231. The lowest BCUT2D eigenvalue weighted by atomic mass is 10.1. The summed E-state index contributed by atoms with van der Waals surface area (Å²) in [7, 11) is 0. The number of hydrogen-bond acceptors (Lipinski definition) is 2. The van der Waals surface area contributed by atoms with Gasteiger partial charge in [0.25, 0.3) is 0 Å². The Bertz CT molecular complexity index is 440. The molecule has 2 N–H and O–H groups in total. The minimum atomic E-state index is -0.0743. The van der Waals surface area contributed by atoms with Gasteiger partial charge in [-0.1, -0.05) is 37.8 Å². The zero-order valence-corrected chi connectivity index (χ0v) is 12.9. The zero-order valence-electron chi connectivity index (χ0n) is 12.9. The van der Waals surface area contributed by atoms with Crippen molar-refractivity contribution in [1.29, 1.82) is 0 Å². The van der Waals surface area contributed by atoms with Crippen LogP contribution in [0.25, 0.3) is 0 Å². The van der Waals surface area contributed by atoms with Gasteiger partial charge in [-0.15, -0.1) is 0 Å². The lowest BCUT2D eigenvalue weighted by Crippen LogP contribution is -2.43. The van der Waals surface area contributed by atoms with Crippen molar-refractivity contribution >= 4 is 6.03 Å². The normalized spacial score (nSPS) is 16.0. The van der Waals surface area contributed by atoms with E-state index in [1.165, 1.54) is 31.2 Å². The first-order valence-corrected chi connectivity index (χ1v) is 7.98. The van der Waals surface area contributed by atoms with Crippen LogP contribution < -0.4 is 15.4 Å². The Hall–Kier alpha value is -1.71. The minimum absolute atomic E-state index is 0.0743. The molecule has 0 unspecified atom stereocenters. The van der Waals surface area contributed by atoms with Crippen LogP contribution in [0.15, 0.2) is 24.3 Å². The first-order valence-electron chi connectivity index (χ1n) is 7.98. The van der Waals surface area contributed by atoms with Gasteiger partial charge < -0.3 is 15.4 Å². The molecule has 0 aromatic heterocycles. The highest BCUT2D eigenvalue weighted by Gasteiger charge is 2.14. The monoisotopic (exact) mass is 290 g/mol. The average Bonchev–Trinajstić information content (AvgIpc) is 2.72. The highest BCUT2D eigenvalue weighted by molar-refractivity contribution is 5.74. The molecule has 2 rings (SSSR count). The Balaban J connectivity index is 1.60. The lowest BCUT2D eigenvalue weighted by Gasteiger charge is -2.16. The fourth-order valence-electron chi connectivity index (χ4n) is 2.70. The predicted octanol–water partition coefficient (Wildman–Crippen LogP) is 3.40. The van der Waals surface area contributed by atoms with Gasteiger partial charge in [0.05, 0.1) is 6.54 Å². The maximum Gasteiger partial charge on any atom is 0.315 e. The van der Waals surface area contributed by atoms with Gasteiger partial charge in [0.15, 0.2) is 0 Å². The number of carbonyl (C=O) groups is 1. The van der Waals surface area contributed by atoms with E-state index in [2.05, 4.69) is 10.6 Å². The van der Waals surface area contributed by atoms with Crippen LogP contribution in [-0.4, -0.2) is 25.2 Å². The maximum absolute atomic E-state index is 11.8. The molecule has 21 heavy (non-hydrogen) atoms. The molecule has 1 aliphatic rings. The molecule has 1 aromatic rings. The van der Waals surface area contributed by atoms with Gasteiger partial charge in [-0.25, -0.2) is 4.79 Å². The minimum Gasteiger partial charge on any atom is -0.492 e. The molecule has 0 heterocycles. The largest absolute Gasteiger partial charge is 0.492 e. The van der Waals surface area contributed by atoms with E-state index in [-0.39, 0.29) is 6.03 Å². The fraction of sp³-hybridized carbons (Fsp3) is 0.588. The molecule has 2 amide bonds. The van der Waals surface area contributed by atoms with Gasteiger partial charge in [-0.3, -0.25) is 0 Å². The predicted molar refractivity (Wildman–Crippen MR) is 84.7 cm³/mol. The molecule has 0 radical (unpaired) electrons. The average molecular weight is 290 g/mol. The van der Waals surface area contributed by atoms with E-state index in [1.54, 1.807) is 0 Å². The third-order valence-electron chi connectivity index (χ3n) is 3.84. The van der Waals surface area contributed by atoms with Gasteiger partial charge in [-0.2, -0.15) is 0 Å². The molecular weight excluding hydrogens is 264 g/mol. The van der Waals surface area contributed by atoms with Crippen molar-refractivity contribution in [3.05, 3.63) is 29.8 Å². The summed E-state index contributed by atoms with van der Waals surface area (Å²) in [5, 5.41) is 5.92. The fourth-order valence-corrected chi connectivity index (χ4v) is 2.70. The van der Waals surface area contributed by atoms with Crippen LogP contribution in [0.2, 0.25) is 0 Å². The second-order valence-corrected chi connectivity index (χ2v) is 5.75. The molecule has 0 saturated heterocycles. The second kappa shape index (κ2) is 8.55. The summed E-state index contributed by atoms with van der Waals surface area (Å²) in [6.45, 7) is 3.04. The highest BCUT2D eigenvalue weighted by Crippen LogP contribution is 2.17. The van der Waals surface area contributed by atoms with E-state index in [0.29, 0.717) is 19.2 Å². The summed E-state index contributed by atoms with van der Waals surface area (Å²) in [6, 6.07) is 8.19. The SMILES string of the molecule is Cc1cccc(OCCNC(=O)NC2CCCCCC2)c1. The molecule has 4 nitrogen and oxygen atoms in total. The van der Waals surface area contributed by atoms with Crippen molar-refractivity contribution in [3.63, 3.8) is 0 Å². The van der Waals surface area contributed by atoms with Gasteiger partial charge in [-0.05, 0) is 37.5 Å². The van der Waals surface area contributed by atoms with Crippen LogP contribution in [0.5, 0.6) is 5.75 Å². The summed E-state index contributed by atoms with van der Waals surface area (Å²) in [6.07, 6.45) is 7.25. The Morgan fingerprint density at radius 2 is 2.00 bits per heavy atom. The Kier molecular flexibility index (Phi) is 6.38. The van der Waals surface area contributed by atoms with E-state index in [1.807, 2.05) is 31.2 Å². The number of nitrogens with one attached hydrogen (secondary N) is 2. The standard InChI is InChI=1S/C17H26N2O2/c1-14-7-6-10-16(13-14)21-12-11-18-17(20)19-15-8-4-2-3-5-9-15/h6-7,10,13,15H,2-5,8-9,11-12H2,1H3,(H2,18,19,20). The summed E-state index contributed by atoms with van der Waals surface area (Å²) in [5.41, 5.74) is 1.17. The van der Waals surface area contributed by atoms with Crippen molar-refractivity contribution in [2.75, 3.05) is 13.2 Å². The number of hydrogen-bond donors (Lipinski definition) is 2. The van der Waals surface area contributed by atoms with Gasteiger partial charge in [0.1, 0.15) is 12.4 Å². The summed E-state index contributed by atoms with van der Waals surface area (Å²) in [4.78, 5) is 11.8. The molecule has 0 aliphatic heterocycles. The molecule has 116 valence electrons. The number of carbonyl (C=O) groups excluding carboxylic acids is 1. The van der Waals surface area contributed by atoms with Crippen LogP contribution in [0.4, 0.5) is 4.79 Å². The number of rotatable bonds is 5. The van der Waals surface area contributed by atoms with Crippen LogP contribution in [0.1, 0.15) is 44.1 Å². The van der Waals surface area contributed by atoms with Crippen LogP contribution in [0.3, 0.4) is 0 Å². The van der Waals surface area contributed by atoms with Crippen molar-refractivity contribution in [1.82, 2.24) is 10.6 Å². The third kappa shape index (κ3) is 6.06. The Morgan fingerprint density at radius 1 is 1.24 bits per heavy atom. The summed E-state index contributed by atoms with van der Waals surface area (Å²) < 4.78 is 5.60. The Labute approximate surface area is 127 Å². The molecule has 0 spiro atoms. The first kappa shape index (κ1) is 15.7. The van der Waals surface area contributed by atoms with Crippen molar-refractivity contribution in [2.24, 2.45) is 0 Å². The molecule has 1 aliphatic carbocycles. The molecular formula is C17H26N2O2. The van der Waals surface area contributed by atoms with Gasteiger partial charge >= 0.3 is 6.03 Å². The van der Waals surface area contributed by atoms with Crippen molar-refractivity contribution in [3.8, 4) is 5.75 Å². The number of ether oxygens (including phenoxy) is 1. The van der Waals surface area contributed by atoms with E-state index >= 15 is 0 Å². The highest BCUT2D eigenvalue weighted by atomic mass is 16.5. The number of benzene rings is 1. The molecule has 1 aromatic carbocycles. The first-order chi connectivity index (χ1) is 10.2. The Morgan fingerprint density at radius 3 is 2.71 bits per heavy atom. The van der Waals surface area contributed by atoms with E-state index < -0.39 is 0 Å². The van der Waals surface area contributed by atoms with Gasteiger partial charge in [0, 0.05) is 6.04 Å². The summed E-state index contributed by atoms with van der Waals surface area (Å²) in [5.74, 6) is 0.848. The second-order valence-electron chi connectivity index (χ2n) is 5.75. The van der Waals surface area contributed by atoms with E-state index in [4.69, 9.17) is 4.74 Å². The smallest absolute Gasteiger partial charge is 0.315 e. The molecule has 1 fully saturated rings. The third-order valence-corrected chi connectivity index (χ3v) is 3.84. The van der Waals surface area contributed by atoms with Crippen LogP contribution >= 0.6 is 0 Å². The van der Waals surface area contributed by atoms with Crippen molar-refractivity contribution in [2.45, 2.75) is 51.5 Å². The molecule has 0 atom stereocenters. The quantitative estimate of drug-likeness (QED) is 0.645. The summed E-state index contributed by atoms with van der Waals surface area (Å²) >= 11 is 0. The van der Waals surface area contributed by atoms with E-state index in [9.17, 15) is 4.79 Å². The maximum atomic E-state index is 11.8. The zero-order chi connectivity index (χ0) is 14.9.